The number of ether oxygens (including phenoxy) is 1. The number of nitrogens with zero attached hydrogens (tertiary/aromatic N) is 3. The summed E-state index contributed by atoms with van der Waals surface area (Å²) in [5.41, 5.74) is 0. The third-order valence-corrected chi connectivity index (χ3v) is 3.77. The van der Waals surface area contributed by atoms with Crippen molar-refractivity contribution in [2.45, 2.75) is 12.5 Å². The maximum atomic E-state index is 11.0. The van der Waals surface area contributed by atoms with Crippen LogP contribution in [-0.2, 0) is 4.74 Å². The lowest BCUT2D eigenvalue weighted by molar-refractivity contribution is 0.167. The molecule has 1 unspecified atom stereocenters. The van der Waals surface area contributed by atoms with Gasteiger partial charge in [-0.3, -0.25) is 0 Å². The van der Waals surface area contributed by atoms with Gasteiger partial charge in [0.15, 0.2) is 3.92 Å². The number of carbonyl (C=O) groups is 1. The number of aromatic nitrogens is 2. The van der Waals surface area contributed by atoms with E-state index in [1.165, 1.54) is 18.4 Å². The first-order valence-electron chi connectivity index (χ1n) is 4.77. The third-order valence-electron chi connectivity index (χ3n) is 2.36. The van der Waals surface area contributed by atoms with E-state index in [2.05, 4.69) is 41.1 Å². The fourth-order valence-electron chi connectivity index (χ4n) is 1.60. The molecule has 1 aromatic rings. The van der Waals surface area contributed by atoms with Crippen LogP contribution in [0.3, 0.4) is 0 Å². The van der Waals surface area contributed by atoms with Gasteiger partial charge in [-0.15, -0.1) is 10.2 Å². The first kappa shape index (κ1) is 11.6. The molecule has 2 heterocycles. The van der Waals surface area contributed by atoms with E-state index in [4.69, 9.17) is 0 Å². The molecule has 1 aromatic heterocycles. The molecule has 0 bridgehead atoms. The smallest absolute Gasteiger partial charge is 0.407 e. The molecule has 0 saturated carbocycles. The van der Waals surface area contributed by atoms with Crippen molar-refractivity contribution in [2.24, 2.45) is 0 Å². The van der Waals surface area contributed by atoms with Crippen LogP contribution in [0.2, 0.25) is 0 Å². The molecular weight excluding hydrogens is 296 g/mol. The van der Waals surface area contributed by atoms with Gasteiger partial charge in [0, 0.05) is 13.1 Å². The zero-order valence-corrected chi connectivity index (χ0v) is 11.0. The topological polar surface area (TPSA) is 67.3 Å². The monoisotopic (exact) mass is 306 g/mol. The Morgan fingerprint density at radius 3 is 3.12 bits per heavy atom. The van der Waals surface area contributed by atoms with Gasteiger partial charge in [-0.2, -0.15) is 0 Å². The molecule has 0 radical (unpaired) electrons. The van der Waals surface area contributed by atoms with Crippen molar-refractivity contribution in [3.63, 3.8) is 0 Å². The van der Waals surface area contributed by atoms with Gasteiger partial charge >= 0.3 is 6.09 Å². The van der Waals surface area contributed by atoms with Crippen LogP contribution in [0.25, 0.3) is 0 Å². The van der Waals surface area contributed by atoms with E-state index in [0.717, 1.165) is 28.6 Å². The SMILES string of the molecule is COC(=O)NC1CCN(c2nnc(Br)s2)C1. The highest BCUT2D eigenvalue weighted by molar-refractivity contribution is 9.11. The maximum absolute atomic E-state index is 11.0. The molecule has 1 fully saturated rings. The normalized spacial score (nSPS) is 19.9. The van der Waals surface area contributed by atoms with E-state index in [9.17, 15) is 4.79 Å². The van der Waals surface area contributed by atoms with Crippen LogP contribution in [0, 0.1) is 0 Å². The van der Waals surface area contributed by atoms with Gasteiger partial charge in [0.25, 0.3) is 0 Å². The van der Waals surface area contributed by atoms with E-state index in [-0.39, 0.29) is 12.1 Å². The second-order valence-electron chi connectivity index (χ2n) is 3.41. The third kappa shape index (κ3) is 2.62. The quantitative estimate of drug-likeness (QED) is 0.890. The summed E-state index contributed by atoms with van der Waals surface area (Å²) in [6, 6.07) is 0.120. The maximum Gasteiger partial charge on any atom is 0.407 e. The molecule has 8 heteroatoms. The molecule has 2 rings (SSSR count). The summed E-state index contributed by atoms with van der Waals surface area (Å²) in [5.74, 6) is 0. The van der Waals surface area contributed by atoms with E-state index in [1.54, 1.807) is 0 Å². The van der Waals surface area contributed by atoms with Crippen LogP contribution in [0.4, 0.5) is 9.93 Å². The first-order valence-corrected chi connectivity index (χ1v) is 6.38. The van der Waals surface area contributed by atoms with Crippen LogP contribution in [0.1, 0.15) is 6.42 Å². The lowest BCUT2D eigenvalue weighted by Gasteiger charge is -2.14. The van der Waals surface area contributed by atoms with Crippen molar-refractivity contribution in [3.8, 4) is 0 Å². The molecule has 0 spiro atoms. The largest absolute Gasteiger partial charge is 0.453 e. The number of hydrogen-bond acceptors (Lipinski definition) is 6. The van der Waals surface area contributed by atoms with Crippen molar-refractivity contribution in [3.05, 3.63) is 3.92 Å². The molecule has 1 amide bonds. The van der Waals surface area contributed by atoms with Crippen molar-refractivity contribution in [2.75, 3.05) is 25.1 Å². The molecule has 1 N–H and O–H groups in total. The Morgan fingerprint density at radius 1 is 1.69 bits per heavy atom. The highest BCUT2D eigenvalue weighted by Gasteiger charge is 2.26. The number of carbonyl (C=O) groups excluding carboxylic acids is 1. The molecule has 0 aromatic carbocycles. The Kier molecular flexibility index (Phi) is 3.59. The van der Waals surface area contributed by atoms with Gasteiger partial charge in [0.2, 0.25) is 5.13 Å². The van der Waals surface area contributed by atoms with Crippen LogP contribution in [0.5, 0.6) is 0 Å². The van der Waals surface area contributed by atoms with E-state index < -0.39 is 0 Å². The summed E-state index contributed by atoms with van der Waals surface area (Å²) in [6.45, 7) is 1.62. The minimum atomic E-state index is -0.384. The summed E-state index contributed by atoms with van der Waals surface area (Å²) in [4.78, 5) is 13.1. The average molecular weight is 307 g/mol. The lowest BCUT2D eigenvalue weighted by atomic mass is 10.3. The van der Waals surface area contributed by atoms with E-state index >= 15 is 0 Å². The van der Waals surface area contributed by atoms with Gasteiger partial charge in [-0.05, 0) is 22.4 Å². The Bertz CT molecular complexity index is 386. The Labute approximate surface area is 105 Å². The number of amides is 1. The van der Waals surface area contributed by atoms with Gasteiger partial charge in [0.1, 0.15) is 0 Å². The van der Waals surface area contributed by atoms with Crippen molar-refractivity contribution >= 4 is 38.5 Å². The summed E-state index contributed by atoms with van der Waals surface area (Å²) in [5, 5.41) is 11.6. The lowest BCUT2D eigenvalue weighted by Crippen LogP contribution is -2.36. The zero-order chi connectivity index (χ0) is 11.5. The number of nitrogens with one attached hydrogen (secondary N) is 1. The first-order chi connectivity index (χ1) is 7.69. The van der Waals surface area contributed by atoms with Crippen LogP contribution in [0.15, 0.2) is 3.92 Å². The number of halogens is 1. The molecule has 1 aliphatic rings. The minimum absolute atomic E-state index is 0.120. The number of alkyl carbamates (subject to hydrolysis) is 1. The Morgan fingerprint density at radius 2 is 2.50 bits per heavy atom. The van der Waals surface area contributed by atoms with E-state index in [1.807, 2.05) is 0 Å². The number of anilines is 1. The second kappa shape index (κ2) is 4.96. The number of rotatable bonds is 2. The summed E-state index contributed by atoms with van der Waals surface area (Å²) >= 11 is 4.76. The molecule has 6 nitrogen and oxygen atoms in total. The molecule has 1 aliphatic heterocycles. The summed E-state index contributed by atoms with van der Waals surface area (Å²) in [7, 11) is 1.36. The second-order valence-corrected chi connectivity index (χ2v) is 5.64. The van der Waals surface area contributed by atoms with Crippen LogP contribution >= 0.6 is 27.3 Å². The Balaban J connectivity index is 1.90. The fourth-order valence-corrected chi connectivity index (χ4v) is 2.73. The van der Waals surface area contributed by atoms with Crippen molar-refractivity contribution < 1.29 is 9.53 Å². The summed E-state index contributed by atoms with van der Waals surface area (Å²) < 4.78 is 5.33. The molecule has 88 valence electrons. The van der Waals surface area contributed by atoms with Crippen LogP contribution in [-0.4, -0.2) is 42.5 Å². The highest BCUT2D eigenvalue weighted by Crippen LogP contribution is 2.26. The molecule has 1 saturated heterocycles. The molecule has 0 aliphatic carbocycles. The fraction of sp³-hybridized carbons (Fsp3) is 0.625. The van der Waals surface area contributed by atoms with E-state index in [0.29, 0.717) is 0 Å². The van der Waals surface area contributed by atoms with Crippen LogP contribution < -0.4 is 10.2 Å². The average Bonchev–Trinajstić information content (AvgIpc) is 2.87. The van der Waals surface area contributed by atoms with Crippen molar-refractivity contribution in [1.82, 2.24) is 15.5 Å². The van der Waals surface area contributed by atoms with Gasteiger partial charge < -0.3 is 15.0 Å². The highest BCUT2D eigenvalue weighted by atomic mass is 79.9. The van der Waals surface area contributed by atoms with Crippen molar-refractivity contribution in [1.29, 1.82) is 0 Å². The number of hydrogen-bond donors (Lipinski definition) is 1. The molecule has 16 heavy (non-hydrogen) atoms. The zero-order valence-electron chi connectivity index (χ0n) is 8.64. The Hall–Kier alpha value is -0.890. The predicted molar refractivity (Wildman–Crippen MR) is 63.8 cm³/mol. The molecule has 1 atom stereocenters. The van der Waals surface area contributed by atoms with Gasteiger partial charge in [-0.25, -0.2) is 4.79 Å². The predicted octanol–water partition coefficient (Wildman–Crippen LogP) is 1.24. The molecular formula is C8H11BrN4O2S. The minimum Gasteiger partial charge on any atom is -0.453 e. The standard InChI is InChI=1S/C8H11BrN4O2S/c1-15-8(14)10-5-2-3-13(4-5)7-12-11-6(9)16-7/h5H,2-4H2,1H3,(H,10,14). The number of methoxy groups -OCH3 is 1. The van der Waals surface area contributed by atoms with Gasteiger partial charge in [-0.1, -0.05) is 11.3 Å². The van der Waals surface area contributed by atoms with Gasteiger partial charge in [0.05, 0.1) is 13.2 Å². The summed E-state index contributed by atoms with van der Waals surface area (Å²) in [6.07, 6.45) is 0.511.